The molecule has 3 heteroatoms. The SMILES string of the molecule is C[C@H](O)CSc1ccccc1F. The first kappa shape index (κ1) is 9.55. The van der Waals surface area contributed by atoms with Gasteiger partial charge in [0.1, 0.15) is 5.82 Å². The van der Waals surface area contributed by atoms with E-state index in [-0.39, 0.29) is 5.82 Å². The maximum Gasteiger partial charge on any atom is 0.136 e. The highest BCUT2D eigenvalue weighted by Gasteiger charge is 2.02. The number of hydrogen-bond acceptors (Lipinski definition) is 2. The molecule has 1 N–H and O–H groups in total. The van der Waals surface area contributed by atoms with Crippen LogP contribution in [0, 0.1) is 5.82 Å². The van der Waals surface area contributed by atoms with Crippen molar-refractivity contribution in [2.24, 2.45) is 0 Å². The smallest absolute Gasteiger partial charge is 0.136 e. The Morgan fingerprint density at radius 2 is 2.17 bits per heavy atom. The molecule has 1 atom stereocenters. The molecule has 1 aromatic carbocycles. The number of halogens is 1. The van der Waals surface area contributed by atoms with E-state index in [1.165, 1.54) is 17.8 Å². The normalized spacial score (nSPS) is 12.9. The Hall–Kier alpha value is -0.540. The molecule has 1 nitrogen and oxygen atoms in total. The van der Waals surface area contributed by atoms with Crippen molar-refractivity contribution in [3.8, 4) is 0 Å². The number of thioether (sulfide) groups is 1. The summed E-state index contributed by atoms with van der Waals surface area (Å²) >= 11 is 1.33. The molecular weight excluding hydrogens is 175 g/mol. The monoisotopic (exact) mass is 186 g/mol. The Bertz CT molecular complexity index is 250. The molecule has 0 aliphatic rings. The van der Waals surface area contributed by atoms with E-state index in [0.29, 0.717) is 10.6 Å². The van der Waals surface area contributed by atoms with Crippen molar-refractivity contribution in [3.05, 3.63) is 30.1 Å². The summed E-state index contributed by atoms with van der Waals surface area (Å²) in [7, 11) is 0. The van der Waals surface area contributed by atoms with E-state index in [1.807, 2.05) is 0 Å². The molecule has 0 heterocycles. The second-order valence-electron chi connectivity index (χ2n) is 2.59. The second-order valence-corrected chi connectivity index (χ2v) is 3.65. The fraction of sp³-hybridized carbons (Fsp3) is 0.333. The van der Waals surface area contributed by atoms with Crippen LogP contribution in [0.15, 0.2) is 29.2 Å². The van der Waals surface area contributed by atoms with E-state index in [4.69, 9.17) is 5.11 Å². The molecule has 0 unspecified atom stereocenters. The summed E-state index contributed by atoms with van der Waals surface area (Å²) in [5.41, 5.74) is 0. The van der Waals surface area contributed by atoms with Crippen LogP contribution in [0.25, 0.3) is 0 Å². The Balaban J connectivity index is 2.57. The van der Waals surface area contributed by atoms with Gasteiger partial charge in [-0.25, -0.2) is 4.39 Å². The number of hydrogen-bond donors (Lipinski definition) is 1. The standard InChI is InChI=1S/C9H11FOS/c1-7(11)6-12-9-5-3-2-4-8(9)10/h2-5,7,11H,6H2,1H3/t7-/m0/s1. The quantitative estimate of drug-likeness (QED) is 0.731. The Morgan fingerprint density at radius 3 is 2.75 bits per heavy atom. The molecule has 0 radical (unpaired) electrons. The van der Waals surface area contributed by atoms with E-state index < -0.39 is 6.10 Å². The predicted molar refractivity (Wildman–Crippen MR) is 48.8 cm³/mol. The average Bonchev–Trinajstić information content (AvgIpc) is 2.03. The molecule has 0 amide bonds. The summed E-state index contributed by atoms with van der Waals surface area (Å²) in [5.74, 6) is 0.309. The maximum atomic E-state index is 12.9. The third-order valence-electron chi connectivity index (χ3n) is 1.32. The van der Waals surface area contributed by atoms with Crippen molar-refractivity contribution >= 4 is 11.8 Å². The van der Waals surface area contributed by atoms with Crippen LogP contribution in [0.2, 0.25) is 0 Å². The fourth-order valence-corrected chi connectivity index (χ4v) is 1.57. The molecule has 0 fully saturated rings. The van der Waals surface area contributed by atoms with Crippen molar-refractivity contribution in [2.75, 3.05) is 5.75 Å². The van der Waals surface area contributed by atoms with Gasteiger partial charge in [0.15, 0.2) is 0 Å². The van der Waals surface area contributed by atoms with Gasteiger partial charge in [0.05, 0.1) is 6.10 Å². The van der Waals surface area contributed by atoms with Crippen LogP contribution in [0.3, 0.4) is 0 Å². The highest BCUT2D eigenvalue weighted by atomic mass is 32.2. The number of benzene rings is 1. The minimum atomic E-state index is -0.394. The highest BCUT2D eigenvalue weighted by Crippen LogP contribution is 2.21. The molecule has 66 valence electrons. The molecule has 0 spiro atoms. The van der Waals surface area contributed by atoms with Gasteiger partial charge in [0.2, 0.25) is 0 Å². The van der Waals surface area contributed by atoms with Gasteiger partial charge in [-0.15, -0.1) is 11.8 Å². The summed E-state index contributed by atoms with van der Waals surface area (Å²) in [4.78, 5) is 0.596. The number of aliphatic hydroxyl groups excluding tert-OH is 1. The van der Waals surface area contributed by atoms with Crippen LogP contribution in [0.1, 0.15) is 6.92 Å². The first-order valence-electron chi connectivity index (χ1n) is 3.75. The Labute approximate surface area is 75.6 Å². The molecule has 1 aromatic rings. The molecule has 1 rings (SSSR count). The predicted octanol–water partition coefficient (Wildman–Crippen LogP) is 2.30. The minimum absolute atomic E-state index is 0.219. The summed E-state index contributed by atoms with van der Waals surface area (Å²) in [5, 5.41) is 8.96. The van der Waals surface area contributed by atoms with Crippen LogP contribution >= 0.6 is 11.8 Å². The van der Waals surface area contributed by atoms with Crippen molar-refractivity contribution in [1.29, 1.82) is 0 Å². The van der Waals surface area contributed by atoms with Gasteiger partial charge >= 0.3 is 0 Å². The fourth-order valence-electron chi connectivity index (χ4n) is 0.772. The Morgan fingerprint density at radius 1 is 1.50 bits per heavy atom. The molecule has 0 aliphatic heterocycles. The maximum absolute atomic E-state index is 12.9. The van der Waals surface area contributed by atoms with Crippen LogP contribution < -0.4 is 0 Å². The highest BCUT2D eigenvalue weighted by molar-refractivity contribution is 7.99. The lowest BCUT2D eigenvalue weighted by molar-refractivity contribution is 0.220. The van der Waals surface area contributed by atoms with Gasteiger partial charge in [-0.05, 0) is 19.1 Å². The largest absolute Gasteiger partial charge is 0.393 e. The summed E-state index contributed by atoms with van der Waals surface area (Å²) in [6.07, 6.45) is -0.394. The topological polar surface area (TPSA) is 20.2 Å². The van der Waals surface area contributed by atoms with Crippen LogP contribution in [-0.2, 0) is 0 Å². The molecular formula is C9H11FOS. The average molecular weight is 186 g/mol. The molecule has 0 aliphatic carbocycles. The zero-order chi connectivity index (χ0) is 8.97. The molecule has 0 bridgehead atoms. The molecule has 0 aromatic heterocycles. The Kier molecular flexibility index (Phi) is 3.56. The lowest BCUT2D eigenvalue weighted by Gasteiger charge is -2.04. The molecule has 12 heavy (non-hydrogen) atoms. The van der Waals surface area contributed by atoms with Gasteiger partial charge in [-0.3, -0.25) is 0 Å². The third kappa shape index (κ3) is 2.83. The lowest BCUT2D eigenvalue weighted by atomic mass is 10.3. The first-order chi connectivity index (χ1) is 5.70. The van der Waals surface area contributed by atoms with Crippen molar-refractivity contribution in [2.45, 2.75) is 17.9 Å². The van der Waals surface area contributed by atoms with Gasteiger partial charge < -0.3 is 5.11 Å². The van der Waals surface area contributed by atoms with E-state index in [1.54, 1.807) is 25.1 Å². The molecule has 0 saturated heterocycles. The van der Waals surface area contributed by atoms with Crippen LogP contribution in [0.5, 0.6) is 0 Å². The summed E-state index contributed by atoms with van der Waals surface area (Å²) in [6, 6.07) is 6.57. The number of aliphatic hydroxyl groups is 1. The zero-order valence-electron chi connectivity index (χ0n) is 6.83. The zero-order valence-corrected chi connectivity index (χ0v) is 7.64. The number of rotatable bonds is 3. The van der Waals surface area contributed by atoms with E-state index in [9.17, 15) is 4.39 Å². The van der Waals surface area contributed by atoms with E-state index in [2.05, 4.69) is 0 Å². The van der Waals surface area contributed by atoms with Crippen molar-refractivity contribution in [1.82, 2.24) is 0 Å². The van der Waals surface area contributed by atoms with Gasteiger partial charge in [-0.1, -0.05) is 12.1 Å². The van der Waals surface area contributed by atoms with Crippen molar-refractivity contribution < 1.29 is 9.50 Å². The van der Waals surface area contributed by atoms with Crippen molar-refractivity contribution in [3.63, 3.8) is 0 Å². The van der Waals surface area contributed by atoms with Crippen LogP contribution in [-0.4, -0.2) is 17.0 Å². The van der Waals surface area contributed by atoms with E-state index >= 15 is 0 Å². The van der Waals surface area contributed by atoms with Gasteiger partial charge in [0.25, 0.3) is 0 Å². The first-order valence-corrected chi connectivity index (χ1v) is 4.74. The van der Waals surface area contributed by atoms with Gasteiger partial charge in [-0.2, -0.15) is 0 Å². The minimum Gasteiger partial charge on any atom is -0.393 e. The van der Waals surface area contributed by atoms with E-state index in [0.717, 1.165) is 0 Å². The lowest BCUT2D eigenvalue weighted by Crippen LogP contribution is -2.02. The summed E-state index contributed by atoms with van der Waals surface area (Å²) in [6.45, 7) is 1.69. The molecule has 0 saturated carbocycles. The van der Waals surface area contributed by atoms with Crippen LogP contribution in [0.4, 0.5) is 4.39 Å². The van der Waals surface area contributed by atoms with Gasteiger partial charge in [0, 0.05) is 10.6 Å². The summed E-state index contributed by atoms with van der Waals surface area (Å²) < 4.78 is 12.9. The second kappa shape index (κ2) is 4.48. The third-order valence-corrected chi connectivity index (χ3v) is 2.61.